The van der Waals surface area contributed by atoms with Crippen LogP contribution in [0.25, 0.3) is 0 Å². The lowest BCUT2D eigenvalue weighted by Gasteiger charge is -2.45. The topological polar surface area (TPSA) is 119 Å². The molecule has 0 atom stereocenters. The summed E-state index contributed by atoms with van der Waals surface area (Å²) < 4.78 is 73.2. The molecule has 334 valence electrons. The number of carbonyl (C=O) groups excluding carboxylic acids is 1. The minimum atomic E-state index is -2.74. The van der Waals surface area contributed by atoms with Gasteiger partial charge in [0.15, 0.2) is 16.6 Å². The Morgan fingerprint density at radius 1 is 0.393 bits per heavy atom. The van der Waals surface area contributed by atoms with Gasteiger partial charge in [-0.05, 0) is 169 Å². The van der Waals surface area contributed by atoms with E-state index in [2.05, 4.69) is 158 Å². The maximum Gasteiger partial charge on any atom is 0.333 e. The maximum atomic E-state index is 11.7. The normalized spacial score (nSPS) is 15.0. The first-order valence-electron chi connectivity index (χ1n) is 20.3. The van der Waals surface area contributed by atoms with E-state index in [1.165, 1.54) is 12.8 Å². The Kier molecular flexibility index (Phi) is 21.5. The Labute approximate surface area is 356 Å². The van der Waals surface area contributed by atoms with E-state index in [1.54, 1.807) is 6.92 Å². The van der Waals surface area contributed by atoms with Gasteiger partial charge in [0.1, 0.15) is 0 Å². The summed E-state index contributed by atoms with van der Waals surface area (Å²) in [6.07, 6.45) is 3.09. The van der Waals surface area contributed by atoms with Gasteiger partial charge in [0.05, 0.1) is 6.61 Å². The van der Waals surface area contributed by atoms with Crippen molar-refractivity contribution in [3.63, 3.8) is 0 Å². The quantitative estimate of drug-likeness (QED) is 0.0321. The molecule has 23 heteroatoms. The fraction of sp³-hybridized carbons (Fsp3) is 0.909. The highest BCUT2D eigenvalue weighted by molar-refractivity contribution is 6.93. The Hall–Kier alpha value is 1.20. The van der Waals surface area contributed by atoms with Crippen LogP contribution in [0.5, 0.6) is 0 Å². The van der Waals surface area contributed by atoms with Crippen LogP contribution in [-0.2, 0) is 50.7 Å². The fourth-order valence-electron chi connectivity index (χ4n) is 7.74. The van der Waals surface area contributed by atoms with Gasteiger partial charge < -0.3 is 45.9 Å². The van der Waals surface area contributed by atoms with Crippen molar-refractivity contribution < 1.29 is 50.7 Å². The summed E-state index contributed by atoms with van der Waals surface area (Å²) in [4.78, 5) is 11.7. The molecule has 0 aromatic heterocycles. The van der Waals surface area contributed by atoms with Gasteiger partial charge >= 0.3 is 83.0 Å². The lowest BCUT2D eigenvalue weighted by atomic mass is 10.4. The molecule has 0 fully saturated rings. The highest BCUT2D eigenvalue weighted by Crippen LogP contribution is 2.32. The third-order valence-corrected chi connectivity index (χ3v) is 50.5. The SMILES string of the molecule is C=C(C)C(=O)OCCC[Si](C)(C)O[Si](C)(C)O[Si](C)(C)O[Si](C)(C)O[Si](C)(C)O[Si](C)(C)O[Si](C)(C)O[Si](C)(C)O[Si](C)(C)O[Si](C)(C)O[Si](C)(C)CCCC. The first-order valence-corrected chi connectivity index (χ1v) is 51.9. The van der Waals surface area contributed by atoms with Crippen LogP contribution >= 0.6 is 0 Å². The largest absolute Gasteiger partial charge is 0.462 e. The van der Waals surface area contributed by atoms with Gasteiger partial charge in [0.2, 0.25) is 0 Å². The monoisotopic (exact) mass is 982 g/mol. The van der Waals surface area contributed by atoms with Crippen molar-refractivity contribution in [2.24, 2.45) is 0 Å². The average Bonchev–Trinajstić information content (AvgIpc) is 2.82. The molecule has 0 aliphatic rings. The van der Waals surface area contributed by atoms with Crippen molar-refractivity contribution in [1.82, 2.24) is 0 Å². The van der Waals surface area contributed by atoms with Crippen LogP contribution in [0.1, 0.15) is 33.1 Å². The summed E-state index contributed by atoms with van der Waals surface area (Å²) in [6, 6.07) is 1.98. The zero-order chi connectivity index (χ0) is 44.7. The number of hydrogen-bond donors (Lipinski definition) is 0. The number of esters is 1. The Morgan fingerprint density at radius 3 is 0.821 bits per heavy atom. The van der Waals surface area contributed by atoms with Crippen LogP contribution < -0.4 is 0 Å². The molecule has 56 heavy (non-hydrogen) atoms. The lowest BCUT2D eigenvalue weighted by Crippen LogP contribution is -2.62. The molecule has 0 N–H and O–H groups in total. The average molecular weight is 984 g/mol. The molecule has 0 aliphatic carbocycles. The molecule has 0 spiro atoms. The molecule has 0 aromatic rings. The second-order valence-corrected chi connectivity index (χ2v) is 61.7. The molecule has 0 saturated heterocycles. The highest BCUT2D eigenvalue weighted by atomic mass is 28.5. The number of hydrogen-bond acceptors (Lipinski definition) is 12. The van der Waals surface area contributed by atoms with Crippen LogP contribution in [0.3, 0.4) is 0 Å². The number of ether oxygens (including phenoxy) is 1. The van der Waals surface area contributed by atoms with Crippen molar-refractivity contribution >= 4 is 99.7 Å². The van der Waals surface area contributed by atoms with Gasteiger partial charge in [-0.1, -0.05) is 26.3 Å². The van der Waals surface area contributed by atoms with E-state index in [-0.39, 0.29) is 5.97 Å². The molecule has 0 aromatic carbocycles. The fourth-order valence-corrected chi connectivity index (χ4v) is 64.2. The summed E-state index contributed by atoms with van der Waals surface area (Å²) >= 11 is 0. The van der Waals surface area contributed by atoms with Gasteiger partial charge in [0.25, 0.3) is 0 Å². The molecule has 0 amide bonds. The molecule has 0 bridgehead atoms. The van der Waals surface area contributed by atoms with E-state index >= 15 is 0 Å². The number of unbranched alkanes of at least 4 members (excludes halogenated alkanes) is 1. The van der Waals surface area contributed by atoms with Crippen LogP contribution in [-0.4, -0.2) is 106 Å². The van der Waals surface area contributed by atoms with E-state index < -0.39 is 93.7 Å². The van der Waals surface area contributed by atoms with Crippen molar-refractivity contribution in [2.75, 3.05) is 6.61 Å². The molecule has 0 unspecified atom stereocenters. The minimum Gasteiger partial charge on any atom is -0.462 e. The molecule has 0 saturated carbocycles. The molecule has 12 nitrogen and oxygen atoms in total. The van der Waals surface area contributed by atoms with Crippen LogP contribution in [0.15, 0.2) is 12.2 Å². The Morgan fingerprint density at radius 2 is 0.607 bits per heavy atom. The predicted octanol–water partition coefficient (Wildman–Crippen LogP) is 11.2. The second-order valence-electron chi connectivity index (χ2n) is 20.3. The Bertz CT molecular complexity index is 1270. The van der Waals surface area contributed by atoms with Crippen LogP contribution in [0, 0.1) is 0 Å². The van der Waals surface area contributed by atoms with E-state index in [0.717, 1.165) is 18.5 Å². The van der Waals surface area contributed by atoms with Gasteiger partial charge in [-0.15, -0.1) is 0 Å². The minimum absolute atomic E-state index is 0.354. The first kappa shape index (κ1) is 57.2. The van der Waals surface area contributed by atoms with E-state index in [9.17, 15) is 4.79 Å². The lowest BCUT2D eigenvalue weighted by molar-refractivity contribution is -0.138. The zero-order valence-electron chi connectivity index (χ0n) is 40.3. The van der Waals surface area contributed by atoms with Gasteiger partial charge in [0, 0.05) is 5.57 Å². The zero-order valence-corrected chi connectivity index (χ0v) is 51.3. The standard InChI is InChI=1S/C33H86O12Si11/c1-26-27-30-46(4,5)36-48(8,9)38-50(12,13)40-52(16,17)42-54(20,21)44-56(24,25)45-55(22,23)43-53(18,19)41-51(14,15)39-49(10,11)37-47(6,7)31-28-29-35-33(34)32(2)3/h2,26-31H2,1,3-25H3. The first-order chi connectivity index (χ1) is 24.5. The molecule has 0 radical (unpaired) electrons. The van der Waals surface area contributed by atoms with Crippen molar-refractivity contribution in [1.29, 1.82) is 0 Å². The Balaban J connectivity index is 5.48. The smallest absolute Gasteiger partial charge is 0.333 e. The maximum absolute atomic E-state index is 11.7. The summed E-state index contributed by atoms with van der Waals surface area (Å²) in [5.41, 5.74) is 0.407. The number of carbonyl (C=O) groups is 1. The molecular weight excluding hydrogens is 897 g/mol. The molecular formula is C33H86O12Si11. The predicted molar refractivity (Wildman–Crippen MR) is 258 cm³/mol. The van der Waals surface area contributed by atoms with E-state index in [1.807, 2.05) is 0 Å². The van der Waals surface area contributed by atoms with Crippen molar-refractivity contribution in [3.8, 4) is 0 Å². The van der Waals surface area contributed by atoms with Crippen LogP contribution in [0.4, 0.5) is 0 Å². The summed E-state index contributed by atoms with van der Waals surface area (Å²) in [5.74, 6) is -0.356. The third-order valence-electron chi connectivity index (χ3n) is 7.61. The van der Waals surface area contributed by atoms with Crippen molar-refractivity contribution in [2.45, 2.75) is 189 Å². The van der Waals surface area contributed by atoms with Gasteiger partial charge in [-0.2, -0.15) is 0 Å². The van der Waals surface area contributed by atoms with E-state index in [4.69, 9.17) is 45.9 Å². The molecule has 0 aliphatic heterocycles. The second kappa shape index (κ2) is 21.0. The van der Waals surface area contributed by atoms with Gasteiger partial charge in [-0.3, -0.25) is 0 Å². The highest BCUT2D eigenvalue weighted by Gasteiger charge is 2.51. The van der Waals surface area contributed by atoms with Crippen LogP contribution in [0.2, 0.25) is 156 Å². The van der Waals surface area contributed by atoms with Gasteiger partial charge in [-0.25, -0.2) is 4.79 Å². The van der Waals surface area contributed by atoms with Crippen molar-refractivity contribution in [3.05, 3.63) is 12.2 Å². The third kappa shape index (κ3) is 26.5. The van der Waals surface area contributed by atoms with E-state index in [0.29, 0.717) is 12.2 Å². The molecule has 0 heterocycles. The molecule has 0 rings (SSSR count). The number of rotatable bonds is 28. The summed E-state index contributed by atoms with van der Waals surface area (Å²) in [7, 11) is -27.8. The summed E-state index contributed by atoms with van der Waals surface area (Å²) in [5, 5.41) is 0. The summed E-state index contributed by atoms with van der Waals surface area (Å²) in [6.45, 7) is 54.3.